The number of hydrogen-bond donors (Lipinski definition) is 1. The van der Waals surface area contributed by atoms with Crippen molar-refractivity contribution >= 4 is 5.91 Å². The van der Waals surface area contributed by atoms with E-state index in [9.17, 15) is 4.79 Å². The Morgan fingerprint density at radius 1 is 1.04 bits per heavy atom. The summed E-state index contributed by atoms with van der Waals surface area (Å²) in [6.45, 7) is 0. The van der Waals surface area contributed by atoms with Gasteiger partial charge in [-0.2, -0.15) is 0 Å². The predicted molar refractivity (Wildman–Crippen MR) is 94.2 cm³/mol. The quantitative estimate of drug-likeness (QED) is 0.845. The molecule has 1 aliphatic carbocycles. The molecule has 0 saturated heterocycles. The largest absolute Gasteiger partial charge is 0.355 e. The van der Waals surface area contributed by atoms with Crippen LogP contribution in [0.3, 0.4) is 0 Å². The van der Waals surface area contributed by atoms with Gasteiger partial charge in [-0.05, 0) is 47.6 Å². The van der Waals surface area contributed by atoms with Gasteiger partial charge in [-0.3, -0.25) is 4.79 Å². The Balaban J connectivity index is 1.80. The monoisotopic (exact) mass is 303 g/mol. The third-order valence-electron chi connectivity index (χ3n) is 4.78. The van der Waals surface area contributed by atoms with E-state index >= 15 is 0 Å². The van der Waals surface area contributed by atoms with Crippen LogP contribution in [0.2, 0.25) is 0 Å². The first-order valence-electron chi connectivity index (χ1n) is 8.11. The van der Waals surface area contributed by atoms with Gasteiger partial charge in [-0.15, -0.1) is 12.3 Å². The van der Waals surface area contributed by atoms with E-state index in [1.165, 1.54) is 18.4 Å². The first-order chi connectivity index (χ1) is 11.2. The molecular weight excluding hydrogens is 282 g/mol. The molecule has 1 fully saturated rings. The summed E-state index contributed by atoms with van der Waals surface area (Å²) in [5.41, 5.74) is 4.29. The Morgan fingerprint density at radius 2 is 1.65 bits per heavy atom. The van der Waals surface area contributed by atoms with Crippen molar-refractivity contribution in [2.24, 2.45) is 5.92 Å². The highest BCUT2D eigenvalue weighted by atomic mass is 16.1. The van der Waals surface area contributed by atoms with Crippen molar-refractivity contribution in [3.63, 3.8) is 0 Å². The molecular formula is C21H21NO. The summed E-state index contributed by atoms with van der Waals surface area (Å²) in [6, 6.07) is 16.4. The molecule has 2 aromatic rings. The number of hydrogen-bond acceptors (Lipinski definition) is 1. The van der Waals surface area contributed by atoms with Crippen LogP contribution in [0.4, 0.5) is 0 Å². The number of rotatable bonds is 3. The molecule has 2 heteroatoms. The molecule has 0 bridgehead atoms. The van der Waals surface area contributed by atoms with Gasteiger partial charge in [0.2, 0.25) is 0 Å². The van der Waals surface area contributed by atoms with Gasteiger partial charge in [0.15, 0.2) is 0 Å². The van der Waals surface area contributed by atoms with Gasteiger partial charge in [0.05, 0.1) is 0 Å². The Bertz CT molecular complexity index is 722. The maximum absolute atomic E-state index is 11.6. The van der Waals surface area contributed by atoms with Gasteiger partial charge in [0.25, 0.3) is 5.91 Å². The Hall–Kier alpha value is -2.53. The molecule has 1 unspecified atom stereocenters. The van der Waals surface area contributed by atoms with Gasteiger partial charge in [0.1, 0.15) is 0 Å². The predicted octanol–water partition coefficient (Wildman–Crippen LogP) is 4.23. The maximum atomic E-state index is 11.6. The first kappa shape index (κ1) is 15.4. The van der Waals surface area contributed by atoms with E-state index in [1.54, 1.807) is 7.05 Å². The van der Waals surface area contributed by atoms with E-state index in [0.29, 0.717) is 17.4 Å². The molecule has 0 radical (unpaired) electrons. The second-order valence-electron chi connectivity index (χ2n) is 6.09. The molecule has 0 heterocycles. The number of terminal acetylenes is 1. The van der Waals surface area contributed by atoms with E-state index in [1.807, 2.05) is 24.3 Å². The lowest BCUT2D eigenvalue weighted by molar-refractivity contribution is 0.0963. The number of nitrogens with one attached hydrogen (secondary N) is 1. The van der Waals surface area contributed by atoms with Crippen LogP contribution >= 0.6 is 0 Å². The van der Waals surface area contributed by atoms with Crippen molar-refractivity contribution in [3.8, 4) is 23.5 Å². The second kappa shape index (κ2) is 6.71. The minimum absolute atomic E-state index is 0.0616. The van der Waals surface area contributed by atoms with Crippen LogP contribution in [0.25, 0.3) is 11.1 Å². The molecule has 1 aliphatic rings. The zero-order valence-corrected chi connectivity index (χ0v) is 13.4. The fourth-order valence-electron chi connectivity index (χ4n) is 3.44. The Morgan fingerprint density at radius 3 is 2.22 bits per heavy atom. The van der Waals surface area contributed by atoms with Crippen molar-refractivity contribution in [2.75, 3.05) is 7.05 Å². The number of benzene rings is 2. The van der Waals surface area contributed by atoms with Gasteiger partial charge in [0, 0.05) is 18.5 Å². The summed E-state index contributed by atoms with van der Waals surface area (Å²) < 4.78 is 0. The first-order valence-corrected chi connectivity index (χ1v) is 8.11. The SMILES string of the molecule is C#C[C@@H]1CCCC1c1ccc(-c2ccc(C(=O)NC)cc2)cc1. The smallest absolute Gasteiger partial charge is 0.251 e. The Kier molecular flexibility index (Phi) is 4.48. The third kappa shape index (κ3) is 3.14. The standard InChI is InChI=1S/C21H21NO/c1-3-15-5-4-6-20(15)18-11-7-16(8-12-18)17-9-13-19(14-10-17)21(23)22-2/h1,7-15,20H,4-6H2,2H3,(H,22,23)/t15-,20?/m1/s1. The molecule has 2 atom stereocenters. The Labute approximate surface area is 137 Å². The average Bonchev–Trinajstić information content (AvgIpc) is 3.10. The van der Waals surface area contributed by atoms with E-state index in [0.717, 1.165) is 17.5 Å². The van der Waals surface area contributed by atoms with Crippen LogP contribution in [0, 0.1) is 18.3 Å². The topological polar surface area (TPSA) is 29.1 Å². The summed E-state index contributed by atoms with van der Waals surface area (Å²) in [5.74, 6) is 3.77. The summed E-state index contributed by atoms with van der Waals surface area (Å²) >= 11 is 0. The van der Waals surface area contributed by atoms with Crippen LogP contribution in [0.5, 0.6) is 0 Å². The number of amides is 1. The van der Waals surface area contributed by atoms with Gasteiger partial charge < -0.3 is 5.32 Å². The second-order valence-corrected chi connectivity index (χ2v) is 6.09. The van der Waals surface area contributed by atoms with E-state index < -0.39 is 0 Å². The van der Waals surface area contributed by atoms with Crippen molar-refractivity contribution in [1.29, 1.82) is 0 Å². The highest BCUT2D eigenvalue weighted by molar-refractivity contribution is 5.94. The molecule has 116 valence electrons. The molecule has 1 saturated carbocycles. The van der Waals surface area contributed by atoms with E-state index in [4.69, 9.17) is 6.42 Å². The minimum atomic E-state index is -0.0616. The fourth-order valence-corrected chi connectivity index (χ4v) is 3.44. The molecule has 0 spiro atoms. The lowest BCUT2D eigenvalue weighted by Gasteiger charge is -2.15. The summed E-state index contributed by atoms with van der Waals surface area (Å²) in [4.78, 5) is 11.6. The molecule has 0 aliphatic heterocycles. The average molecular weight is 303 g/mol. The third-order valence-corrected chi connectivity index (χ3v) is 4.78. The zero-order chi connectivity index (χ0) is 16.2. The molecule has 1 amide bonds. The lowest BCUT2D eigenvalue weighted by atomic mass is 9.88. The molecule has 1 N–H and O–H groups in total. The maximum Gasteiger partial charge on any atom is 0.251 e. The molecule has 3 rings (SSSR count). The fraction of sp³-hybridized carbons (Fsp3) is 0.286. The van der Waals surface area contributed by atoms with Crippen molar-refractivity contribution in [3.05, 3.63) is 59.7 Å². The van der Waals surface area contributed by atoms with Gasteiger partial charge in [-0.1, -0.05) is 42.8 Å². The molecule has 2 nitrogen and oxygen atoms in total. The van der Waals surface area contributed by atoms with E-state index in [-0.39, 0.29) is 5.91 Å². The van der Waals surface area contributed by atoms with Crippen molar-refractivity contribution < 1.29 is 4.79 Å². The lowest BCUT2D eigenvalue weighted by Crippen LogP contribution is -2.17. The zero-order valence-electron chi connectivity index (χ0n) is 13.4. The minimum Gasteiger partial charge on any atom is -0.355 e. The van der Waals surface area contributed by atoms with Crippen LogP contribution in [-0.2, 0) is 0 Å². The van der Waals surface area contributed by atoms with Gasteiger partial charge in [-0.25, -0.2) is 0 Å². The number of carbonyl (C=O) groups excluding carboxylic acids is 1. The molecule has 23 heavy (non-hydrogen) atoms. The molecule has 0 aromatic heterocycles. The van der Waals surface area contributed by atoms with Crippen LogP contribution in [0.1, 0.15) is 41.1 Å². The molecule has 2 aromatic carbocycles. The highest BCUT2D eigenvalue weighted by Gasteiger charge is 2.26. The van der Waals surface area contributed by atoms with Crippen LogP contribution in [0.15, 0.2) is 48.5 Å². The van der Waals surface area contributed by atoms with Crippen molar-refractivity contribution in [2.45, 2.75) is 25.2 Å². The van der Waals surface area contributed by atoms with E-state index in [2.05, 4.69) is 35.5 Å². The van der Waals surface area contributed by atoms with Crippen LogP contribution in [-0.4, -0.2) is 13.0 Å². The summed E-state index contributed by atoms with van der Waals surface area (Å²) in [6.07, 6.45) is 9.21. The van der Waals surface area contributed by atoms with Crippen molar-refractivity contribution in [1.82, 2.24) is 5.32 Å². The number of carbonyl (C=O) groups is 1. The summed E-state index contributed by atoms with van der Waals surface area (Å²) in [5, 5.41) is 2.63. The van der Waals surface area contributed by atoms with Gasteiger partial charge >= 0.3 is 0 Å². The highest BCUT2D eigenvalue weighted by Crippen LogP contribution is 2.39. The normalized spacial score (nSPS) is 20.0. The summed E-state index contributed by atoms with van der Waals surface area (Å²) in [7, 11) is 1.64. The van der Waals surface area contributed by atoms with Crippen LogP contribution < -0.4 is 5.32 Å².